The Labute approximate surface area is 179 Å². The van der Waals surface area contributed by atoms with E-state index < -0.39 is 15.6 Å². The van der Waals surface area contributed by atoms with Gasteiger partial charge in [-0.2, -0.15) is 4.98 Å². The Morgan fingerprint density at radius 3 is 2.55 bits per heavy atom. The lowest BCUT2D eigenvalue weighted by Crippen LogP contribution is -2.11. The van der Waals surface area contributed by atoms with Crippen molar-refractivity contribution < 1.29 is 17.4 Å². The highest BCUT2D eigenvalue weighted by molar-refractivity contribution is 7.94. The van der Waals surface area contributed by atoms with Gasteiger partial charge in [-0.15, -0.1) is 11.3 Å². The van der Waals surface area contributed by atoms with E-state index in [9.17, 15) is 13.2 Å². The van der Waals surface area contributed by atoms with Gasteiger partial charge in [-0.3, -0.25) is 4.72 Å². The number of fused-ring (bicyclic) bond motifs is 1. The van der Waals surface area contributed by atoms with Crippen LogP contribution in [0.4, 0.5) is 5.69 Å². The van der Waals surface area contributed by atoms with Crippen molar-refractivity contribution in [3.63, 3.8) is 0 Å². The van der Waals surface area contributed by atoms with Gasteiger partial charge in [0, 0.05) is 16.6 Å². The van der Waals surface area contributed by atoms with Crippen LogP contribution in [0.15, 0.2) is 90.1 Å². The van der Waals surface area contributed by atoms with Crippen molar-refractivity contribution in [3.05, 3.63) is 82.5 Å². The number of para-hydroxylation sites is 1. The summed E-state index contributed by atoms with van der Waals surface area (Å²) in [5.41, 5.74) is 1.05. The van der Waals surface area contributed by atoms with Crippen LogP contribution in [-0.2, 0) is 10.0 Å². The van der Waals surface area contributed by atoms with E-state index in [2.05, 4.69) is 14.9 Å². The maximum absolute atomic E-state index is 12.3. The minimum absolute atomic E-state index is 0.0389. The standard InChI is InChI=1S/C21H13N3O5S2/c25-21-16(12-14-4-1-2-5-17(14)28-21)20-22-19(23-29-20)13-7-9-15(10-8-13)24-31(26,27)18-6-3-11-30-18/h1-12,24H. The molecule has 154 valence electrons. The molecular weight excluding hydrogens is 438 g/mol. The van der Waals surface area contributed by atoms with E-state index in [1.54, 1.807) is 53.9 Å². The van der Waals surface area contributed by atoms with E-state index in [0.717, 1.165) is 16.7 Å². The molecule has 3 heterocycles. The van der Waals surface area contributed by atoms with Crippen molar-refractivity contribution in [1.29, 1.82) is 0 Å². The van der Waals surface area contributed by atoms with Crippen molar-refractivity contribution >= 4 is 38.0 Å². The maximum Gasteiger partial charge on any atom is 0.349 e. The molecule has 2 aromatic carbocycles. The molecule has 10 heteroatoms. The molecule has 1 N–H and O–H groups in total. The Balaban J connectivity index is 1.41. The van der Waals surface area contributed by atoms with Gasteiger partial charge in [0.2, 0.25) is 5.82 Å². The first-order valence-corrected chi connectivity index (χ1v) is 11.4. The normalized spacial score (nSPS) is 11.6. The lowest BCUT2D eigenvalue weighted by atomic mass is 10.2. The molecular formula is C21H13N3O5S2. The van der Waals surface area contributed by atoms with Crippen LogP contribution in [-0.4, -0.2) is 18.6 Å². The number of hydrogen-bond acceptors (Lipinski definition) is 8. The minimum Gasteiger partial charge on any atom is -0.422 e. The van der Waals surface area contributed by atoms with Crippen LogP contribution in [0.1, 0.15) is 0 Å². The Hall–Kier alpha value is -3.76. The third-order valence-corrected chi connectivity index (χ3v) is 7.23. The first-order chi connectivity index (χ1) is 15.0. The van der Waals surface area contributed by atoms with Gasteiger partial charge in [0.25, 0.3) is 15.9 Å². The second-order valence-corrected chi connectivity index (χ2v) is 9.38. The zero-order valence-electron chi connectivity index (χ0n) is 15.7. The molecule has 0 saturated heterocycles. The predicted molar refractivity (Wildman–Crippen MR) is 116 cm³/mol. The molecule has 0 bridgehead atoms. The second-order valence-electron chi connectivity index (χ2n) is 6.52. The Morgan fingerprint density at radius 2 is 1.77 bits per heavy atom. The number of nitrogens with one attached hydrogen (secondary N) is 1. The van der Waals surface area contributed by atoms with E-state index in [0.29, 0.717) is 16.8 Å². The van der Waals surface area contributed by atoms with Crippen LogP contribution in [0, 0.1) is 0 Å². The summed E-state index contributed by atoms with van der Waals surface area (Å²) in [6.07, 6.45) is 0. The number of aromatic nitrogens is 2. The Kier molecular flexibility index (Phi) is 4.64. The molecule has 0 atom stereocenters. The summed E-state index contributed by atoms with van der Waals surface area (Å²) in [5, 5.41) is 6.36. The molecule has 8 nitrogen and oxygen atoms in total. The number of rotatable bonds is 5. The molecule has 0 unspecified atom stereocenters. The van der Waals surface area contributed by atoms with Crippen molar-refractivity contribution in [2.24, 2.45) is 0 Å². The highest BCUT2D eigenvalue weighted by Gasteiger charge is 2.17. The van der Waals surface area contributed by atoms with Crippen molar-refractivity contribution in [1.82, 2.24) is 10.1 Å². The van der Waals surface area contributed by atoms with Crippen LogP contribution in [0.2, 0.25) is 0 Å². The summed E-state index contributed by atoms with van der Waals surface area (Å²) in [4.78, 5) is 16.6. The number of nitrogens with zero attached hydrogens (tertiary/aromatic N) is 2. The van der Waals surface area contributed by atoms with E-state index in [1.165, 1.54) is 6.07 Å². The molecule has 0 aliphatic rings. The minimum atomic E-state index is -3.63. The monoisotopic (exact) mass is 451 g/mol. The van der Waals surface area contributed by atoms with Crippen LogP contribution in [0.3, 0.4) is 0 Å². The molecule has 0 aliphatic heterocycles. The third-order valence-electron chi connectivity index (χ3n) is 4.45. The molecule has 0 saturated carbocycles. The van der Waals surface area contributed by atoms with E-state index in [1.807, 2.05) is 12.1 Å². The summed E-state index contributed by atoms with van der Waals surface area (Å²) in [5.74, 6) is 0.298. The first kappa shape index (κ1) is 19.2. The molecule has 0 fully saturated rings. The highest BCUT2D eigenvalue weighted by Crippen LogP contribution is 2.25. The van der Waals surface area contributed by atoms with Crippen LogP contribution < -0.4 is 10.3 Å². The quantitative estimate of drug-likeness (QED) is 0.394. The van der Waals surface area contributed by atoms with Gasteiger partial charge in [-0.05, 0) is 47.8 Å². The van der Waals surface area contributed by atoms with Crippen LogP contribution in [0.25, 0.3) is 33.8 Å². The highest BCUT2D eigenvalue weighted by atomic mass is 32.2. The molecule has 3 aromatic heterocycles. The number of anilines is 1. The Morgan fingerprint density at radius 1 is 0.968 bits per heavy atom. The van der Waals surface area contributed by atoms with Gasteiger partial charge in [-0.1, -0.05) is 29.4 Å². The number of thiophene rings is 1. The summed E-state index contributed by atoms with van der Waals surface area (Å²) >= 11 is 1.14. The van der Waals surface area contributed by atoms with E-state index >= 15 is 0 Å². The van der Waals surface area contributed by atoms with Crippen molar-refractivity contribution in [3.8, 4) is 22.8 Å². The van der Waals surface area contributed by atoms with Gasteiger partial charge < -0.3 is 8.94 Å². The van der Waals surface area contributed by atoms with Gasteiger partial charge >= 0.3 is 5.63 Å². The molecule has 0 aliphatic carbocycles. The van der Waals surface area contributed by atoms with Gasteiger partial charge in [0.1, 0.15) is 15.4 Å². The molecule has 0 radical (unpaired) electrons. The molecule has 31 heavy (non-hydrogen) atoms. The predicted octanol–water partition coefficient (Wildman–Crippen LogP) is 4.37. The zero-order valence-corrected chi connectivity index (χ0v) is 17.3. The summed E-state index contributed by atoms with van der Waals surface area (Å²) in [6, 6.07) is 18.5. The van der Waals surface area contributed by atoms with Crippen molar-refractivity contribution in [2.45, 2.75) is 4.21 Å². The first-order valence-electron chi connectivity index (χ1n) is 9.03. The SMILES string of the molecule is O=c1oc2ccccc2cc1-c1nc(-c2ccc(NS(=O)(=O)c3cccs3)cc2)no1. The Bertz CT molecular complexity index is 1540. The average Bonchev–Trinajstić information content (AvgIpc) is 3.46. The fourth-order valence-corrected chi connectivity index (χ4v) is 5.02. The topological polar surface area (TPSA) is 115 Å². The second kappa shape index (κ2) is 7.49. The lowest BCUT2D eigenvalue weighted by Gasteiger charge is -2.06. The molecule has 0 amide bonds. The smallest absolute Gasteiger partial charge is 0.349 e. The van der Waals surface area contributed by atoms with Crippen LogP contribution in [0.5, 0.6) is 0 Å². The number of benzene rings is 2. The van der Waals surface area contributed by atoms with Gasteiger partial charge in [-0.25, -0.2) is 13.2 Å². The summed E-state index contributed by atoms with van der Waals surface area (Å²) in [7, 11) is -3.63. The summed E-state index contributed by atoms with van der Waals surface area (Å²) < 4.78 is 38.0. The molecule has 5 aromatic rings. The number of hydrogen-bond donors (Lipinski definition) is 1. The van der Waals surface area contributed by atoms with Crippen molar-refractivity contribution in [2.75, 3.05) is 4.72 Å². The average molecular weight is 451 g/mol. The third kappa shape index (κ3) is 3.74. The molecule has 5 rings (SSSR count). The summed E-state index contributed by atoms with van der Waals surface area (Å²) in [6.45, 7) is 0. The van der Waals surface area contributed by atoms with E-state index in [-0.39, 0.29) is 21.5 Å². The van der Waals surface area contributed by atoms with Crippen LogP contribution >= 0.6 is 11.3 Å². The fourth-order valence-electron chi connectivity index (χ4n) is 2.97. The van der Waals surface area contributed by atoms with E-state index in [4.69, 9.17) is 8.94 Å². The number of sulfonamides is 1. The lowest BCUT2D eigenvalue weighted by molar-refractivity contribution is 0.429. The maximum atomic E-state index is 12.3. The van der Waals surface area contributed by atoms with Gasteiger partial charge in [0.05, 0.1) is 0 Å². The fraction of sp³-hybridized carbons (Fsp3) is 0. The molecule has 0 spiro atoms. The van der Waals surface area contributed by atoms with Gasteiger partial charge in [0.15, 0.2) is 0 Å². The largest absolute Gasteiger partial charge is 0.422 e. The zero-order chi connectivity index (χ0) is 21.4.